The molecule has 6 nitrogen and oxygen atoms in total. The van der Waals surface area contributed by atoms with Crippen LogP contribution in [0, 0.1) is 29.0 Å². The van der Waals surface area contributed by atoms with Crippen LogP contribution in [-0.4, -0.2) is 66.8 Å². The molecular formula is C29H33FN4O2. The number of nitrogens with one attached hydrogen (secondary N) is 1. The highest BCUT2D eigenvalue weighted by Gasteiger charge is 2.42. The molecule has 3 aliphatic rings. The molecule has 0 unspecified atom stereocenters. The number of likely N-dealkylation sites (N-methyl/N-ethyl adjacent to an activating group) is 1. The lowest BCUT2D eigenvalue weighted by molar-refractivity contribution is -0.122. The Kier molecular flexibility index (Phi) is 7.17. The Bertz CT molecular complexity index is 1170. The van der Waals surface area contributed by atoms with Gasteiger partial charge in [0.1, 0.15) is 5.82 Å². The molecule has 36 heavy (non-hydrogen) atoms. The Hall–Kier alpha value is -3.08. The molecular weight excluding hydrogens is 455 g/mol. The van der Waals surface area contributed by atoms with Crippen LogP contribution in [0.1, 0.15) is 41.6 Å². The number of Topliss-reactive ketones (excluding diaryl/α,β-unsaturated/α-hetero) is 1. The highest BCUT2D eigenvalue weighted by atomic mass is 19.1. The number of piperazine rings is 1. The maximum atomic E-state index is 15.0. The monoisotopic (exact) mass is 488 g/mol. The second-order valence-corrected chi connectivity index (χ2v) is 10.6. The second kappa shape index (κ2) is 10.5. The molecule has 3 fully saturated rings. The largest absolute Gasteiger partial charge is 0.336 e. The lowest BCUT2D eigenvalue weighted by Gasteiger charge is -2.32. The van der Waals surface area contributed by atoms with Crippen LogP contribution in [-0.2, 0) is 11.2 Å². The first kappa shape index (κ1) is 24.6. The van der Waals surface area contributed by atoms with Crippen molar-refractivity contribution in [3.05, 3.63) is 59.4 Å². The summed E-state index contributed by atoms with van der Waals surface area (Å²) in [6, 6.07) is 14.8. The molecule has 2 aromatic carbocycles. The number of rotatable bonds is 7. The number of hydrogen-bond acceptors (Lipinski definition) is 5. The van der Waals surface area contributed by atoms with E-state index >= 15 is 4.39 Å². The summed E-state index contributed by atoms with van der Waals surface area (Å²) in [4.78, 5) is 29.6. The third-order valence-corrected chi connectivity index (χ3v) is 8.11. The maximum Gasteiger partial charge on any atom is 0.253 e. The number of carbonyl (C=O) groups is 2. The van der Waals surface area contributed by atoms with Crippen LogP contribution in [0.3, 0.4) is 0 Å². The molecule has 1 aliphatic carbocycles. The molecule has 2 saturated heterocycles. The van der Waals surface area contributed by atoms with Gasteiger partial charge in [0.2, 0.25) is 0 Å². The minimum atomic E-state index is -0.543. The summed E-state index contributed by atoms with van der Waals surface area (Å²) in [6.07, 6.45) is 3.62. The number of hydrogen-bond donors (Lipinski definition) is 1. The van der Waals surface area contributed by atoms with Gasteiger partial charge in [-0.1, -0.05) is 24.3 Å². The van der Waals surface area contributed by atoms with E-state index in [0.717, 1.165) is 51.0 Å². The zero-order chi connectivity index (χ0) is 25.2. The first-order valence-corrected chi connectivity index (χ1v) is 13.0. The van der Waals surface area contributed by atoms with Crippen molar-refractivity contribution in [2.24, 2.45) is 11.8 Å². The summed E-state index contributed by atoms with van der Waals surface area (Å²) in [5.74, 6) is -0.429. The van der Waals surface area contributed by atoms with E-state index in [9.17, 15) is 14.9 Å². The topological polar surface area (TPSA) is 76.4 Å². The molecule has 0 radical (unpaired) electrons. The third-order valence-electron chi connectivity index (χ3n) is 8.11. The van der Waals surface area contributed by atoms with E-state index in [1.54, 1.807) is 18.2 Å². The van der Waals surface area contributed by atoms with Gasteiger partial charge in [0.05, 0.1) is 18.0 Å². The molecule has 0 spiro atoms. The van der Waals surface area contributed by atoms with Gasteiger partial charge in [-0.05, 0) is 73.5 Å². The lowest BCUT2D eigenvalue weighted by Crippen LogP contribution is -2.47. The van der Waals surface area contributed by atoms with Crippen LogP contribution in [0.4, 0.5) is 4.39 Å². The van der Waals surface area contributed by atoms with Gasteiger partial charge in [-0.2, -0.15) is 5.26 Å². The molecule has 0 aromatic heterocycles. The van der Waals surface area contributed by atoms with Gasteiger partial charge < -0.3 is 15.1 Å². The Morgan fingerprint density at radius 2 is 1.81 bits per heavy atom. The third kappa shape index (κ3) is 5.21. The molecule has 2 heterocycles. The van der Waals surface area contributed by atoms with E-state index < -0.39 is 5.92 Å². The Morgan fingerprint density at radius 3 is 2.42 bits per heavy atom. The summed E-state index contributed by atoms with van der Waals surface area (Å²) in [5.41, 5.74) is 2.61. The molecule has 2 aromatic rings. The Morgan fingerprint density at radius 1 is 1.08 bits per heavy atom. The fourth-order valence-corrected chi connectivity index (χ4v) is 5.90. The first-order valence-electron chi connectivity index (χ1n) is 13.0. The van der Waals surface area contributed by atoms with Gasteiger partial charge in [-0.3, -0.25) is 9.59 Å². The van der Waals surface area contributed by atoms with Crippen LogP contribution in [0.25, 0.3) is 11.1 Å². The fraction of sp³-hybridized carbons (Fsp3) is 0.483. The molecule has 4 atom stereocenters. The molecule has 1 amide bonds. The normalized spacial score (nSPS) is 24.5. The highest BCUT2D eigenvalue weighted by molar-refractivity contribution is 5.94. The number of fused-ring (bicyclic) bond motifs is 2. The summed E-state index contributed by atoms with van der Waals surface area (Å²) in [5, 5.41) is 13.0. The van der Waals surface area contributed by atoms with Gasteiger partial charge in [-0.25, -0.2) is 4.39 Å². The van der Waals surface area contributed by atoms with Crippen molar-refractivity contribution in [1.82, 2.24) is 15.1 Å². The predicted molar refractivity (Wildman–Crippen MR) is 136 cm³/mol. The average molecular weight is 489 g/mol. The van der Waals surface area contributed by atoms with E-state index in [-0.39, 0.29) is 36.4 Å². The van der Waals surface area contributed by atoms with Crippen molar-refractivity contribution >= 4 is 11.7 Å². The van der Waals surface area contributed by atoms with E-state index in [1.165, 1.54) is 6.07 Å². The summed E-state index contributed by atoms with van der Waals surface area (Å²) < 4.78 is 15.0. The molecule has 1 N–H and O–H groups in total. The van der Waals surface area contributed by atoms with E-state index in [4.69, 9.17) is 0 Å². The minimum absolute atomic E-state index is 0.0221. The zero-order valence-electron chi connectivity index (χ0n) is 20.8. The second-order valence-electron chi connectivity index (χ2n) is 10.6. The van der Waals surface area contributed by atoms with Gasteiger partial charge in [0, 0.05) is 44.2 Å². The molecule has 188 valence electrons. The van der Waals surface area contributed by atoms with Gasteiger partial charge in [-0.15, -0.1) is 0 Å². The number of carbonyl (C=O) groups excluding carboxylic acids is 2. The number of benzene rings is 2. The van der Waals surface area contributed by atoms with Crippen LogP contribution in [0.2, 0.25) is 0 Å². The van der Waals surface area contributed by atoms with E-state index in [1.807, 2.05) is 23.1 Å². The molecule has 1 saturated carbocycles. The quantitative estimate of drug-likeness (QED) is 0.644. The highest BCUT2D eigenvalue weighted by Crippen LogP contribution is 2.36. The van der Waals surface area contributed by atoms with Gasteiger partial charge in [0.25, 0.3) is 5.91 Å². The maximum absolute atomic E-state index is 15.0. The van der Waals surface area contributed by atoms with Crippen molar-refractivity contribution in [3.8, 4) is 17.2 Å². The number of amides is 1. The van der Waals surface area contributed by atoms with E-state index in [0.29, 0.717) is 28.7 Å². The van der Waals surface area contributed by atoms with E-state index in [2.05, 4.69) is 23.3 Å². The smallest absolute Gasteiger partial charge is 0.253 e. The number of nitrogens with zero attached hydrogens (tertiary/aromatic N) is 3. The standard InChI is InChI=1S/C29H33FN4O2/c1-33-10-12-34(13-11-33)29(36)21-4-2-20(3-5-21)22-6-7-23(26(30)17-22)14-19(18-31)15-27(35)28-24-8-9-25(16-24)32-28/h2-7,17,19,24-25,28,32H,8-16H2,1H3/t19-,24+,25-,28+/m1/s1. The minimum Gasteiger partial charge on any atom is -0.336 e. The average Bonchev–Trinajstić information content (AvgIpc) is 3.53. The first-order chi connectivity index (χ1) is 17.4. The van der Waals surface area contributed by atoms with Crippen LogP contribution >= 0.6 is 0 Å². The molecule has 7 heteroatoms. The number of piperidine rings is 1. The summed E-state index contributed by atoms with van der Waals surface area (Å²) >= 11 is 0. The number of halogens is 1. The fourth-order valence-electron chi connectivity index (χ4n) is 5.90. The molecule has 2 aliphatic heterocycles. The predicted octanol–water partition coefficient (Wildman–Crippen LogP) is 3.66. The van der Waals surface area contributed by atoms with Crippen molar-refractivity contribution in [2.45, 2.75) is 44.2 Å². The van der Waals surface area contributed by atoms with Crippen LogP contribution in [0.5, 0.6) is 0 Å². The SMILES string of the molecule is CN1CCN(C(=O)c2ccc(-c3ccc(C[C@@H](C#N)CC(=O)[C@H]4N[C@@H]5CC[C@H]4C5)c(F)c3)cc2)CC1. The van der Waals surface area contributed by atoms with Crippen molar-refractivity contribution in [2.75, 3.05) is 33.2 Å². The van der Waals surface area contributed by atoms with Gasteiger partial charge in [0.15, 0.2) is 5.78 Å². The van der Waals surface area contributed by atoms with Crippen LogP contribution in [0.15, 0.2) is 42.5 Å². The Balaban J connectivity index is 1.21. The number of ketones is 1. The van der Waals surface area contributed by atoms with Crippen molar-refractivity contribution in [3.63, 3.8) is 0 Å². The summed E-state index contributed by atoms with van der Waals surface area (Å²) in [6.45, 7) is 3.18. The van der Waals surface area contributed by atoms with Crippen molar-refractivity contribution < 1.29 is 14.0 Å². The van der Waals surface area contributed by atoms with Crippen molar-refractivity contribution in [1.29, 1.82) is 5.26 Å². The number of nitriles is 1. The van der Waals surface area contributed by atoms with Crippen LogP contribution < -0.4 is 5.32 Å². The zero-order valence-corrected chi connectivity index (χ0v) is 20.8. The lowest BCUT2D eigenvalue weighted by atomic mass is 9.88. The molecule has 5 rings (SSSR count). The van der Waals surface area contributed by atoms with Gasteiger partial charge >= 0.3 is 0 Å². The Labute approximate surface area is 212 Å². The summed E-state index contributed by atoms with van der Waals surface area (Å²) in [7, 11) is 2.05. The molecule has 2 bridgehead atoms.